The molecule has 0 bridgehead atoms. The summed E-state index contributed by atoms with van der Waals surface area (Å²) in [5, 5.41) is 8.34. The number of aliphatic carboxylic acids is 1. The number of rotatable bonds is 4. The summed E-state index contributed by atoms with van der Waals surface area (Å²) in [5.41, 5.74) is 0. The molecular formula is C5H9NO2S. The van der Waals surface area contributed by atoms with Crippen molar-refractivity contribution >= 4 is 25.3 Å². The molecule has 0 fully saturated rings. The van der Waals surface area contributed by atoms with Crippen molar-refractivity contribution in [3.8, 4) is 0 Å². The van der Waals surface area contributed by atoms with Crippen LogP contribution in [0, 0.1) is 0 Å². The summed E-state index contributed by atoms with van der Waals surface area (Å²) < 4.78 is 0. The molecule has 0 aliphatic heterocycles. The third-order valence-corrected chi connectivity index (χ3v) is 1.17. The van der Waals surface area contributed by atoms with Gasteiger partial charge in [0.15, 0.2) is 0 Å². The van der Waals surface area contributed by atoms with E-state index in [9.17, 15) is 4.79 Å². The molecular weight excluding hydrogens is 138 g/mol. The lowest BCUT2D eigenvalue weighted by molar-refractivity contribution is -0.138. The minimum absolute atomic E-state index is 0.446. The molecule has 3 nitrogen and oxygen atoms in total. The van der Waals surface area contributed by atoms with E-state index in [1.165, 1.54) is 0 Å². The van der Waals surface area contributed by atoms with Crippen molar-refractivity contribution in [2.24, 2.45) is 4.99 Å². The van der Waals surface area contributed by atoms with Crippen LogP contribution in [0.15, 0.2) is 4.99 Å². The van der Waals surface area contributed by atoms with Crippen LogP contribution in [0.1, 0.15) is 6.42 Å². The van der Waals surface area contributed by atoms with Crippen LogP contribution in [0.5, 0.6) is 0 Å². The molecule has 1 unspecified atom stereocenters. The van der Waals surface area contributed by atoms with Crippen LogP contribution in [0.25, 0.3) is 0 Å². The predicted molar refractivity (Wildman–Crippen MR) is 39.4 cm³/mol. The lowest BCUT2D eigenvalue weighted by Crippen LogP contribution is -2.17. The number of aliphatic imine (C=N–C) groups is 1. The van der Waals surface area contributed by atoms with E-state index in [2.05, 4.69) is 24.3 Å². The van der Waals surface area contributed by atoms with E-state index in [1.807, 2.05) is 0 Å². The van der Waals surface area contributed by atoms with Gasteiger partial charge in [-0.15, -0.1) is 0 Å². The Balaban J connectivity index is 3.68. The maximum absolute atomic E-state index is 10.2. The number of hydrogen-bond donors (Lipinski definition) is 2. The third kappa shape index (κ3) is 3.13. The highest BCUT2D eigenvalue weighted by molar-refractivity contribution is 7.80. The Morgan fingerprint density at radius 2 is 2.44 bits per heavy atom. The zero-order valence-electron chi connectivity index (χ0n) is 4.95. The van der Waals surface area contributed by atoms with E-state index >= 15 is 0 Å². The van der Waals surface area contributed by atoms with Gasteiger partial charge < -0.3 is 5.11 Å². The van der Waals surface area contributed by atoms with Crippen molar-refractivity contribution in [1.29, 1.82) is 0 Å². The summed E-state index contributed by atoms with van der Waals surface area (Å²) >= 11 is 3.86. The summed E-state index contributed by atoms with van der Waals surface area (Å²) in [6, 6.07) is -0.678. The Kier molecular flexibility index (Phi) is 4.13. The van der Waals surface area contributed by atoms with Gasteiger partial charge in [0.25, 0.3) is 0 Å². The first-order valence-corrected chi connectivity index (χ1v) is 3.15. The summed E-state index contributed by atoms with van der Waals surface area (Å²) in [4.78, 5) is 13.5. The Morgan fingerprint density at radius 3 is 2.56 bits per heavy atom. The van der Waals surface area contributed by atoms with Crippen LogP contribution >= 0.6 is 12.6 Å². The molecule has 1 N–H and O–H groups in total. The molecule has 0 aromatic carbocycles. The number of carboxylic acid groups (broad SMARTS) is 1. The molecule has 0 aromatic rings. The maximum Gasteiger partial charge on any atom is 0.328 e. The van der Waals surface area contributed by atoms with Crippen LogP contribution in [-0.4, -0.2) is 29.6 Å². The zero-order valence-corrected chi connectivity index (χ0v) is 5.84. The standard InChI is InChI=1S/C5H9NO2S/c1-6-4(2-3-9)5(7)8/h4,9H,1-3H2,(H,7,8). The molecule has 9 heavy (non-hydrogen) atoms. The molecule has 0 spiro atoms. The van der Waals surface area contributed by atoms with Gasteiger partial charge in [0.05, 0.1) is 0 Å². The second-order valence-corrected chi connectivity index (χ2v) is 2.00. The molecule has 0 saturated heterocycles. The molecule has 4 heteroatoms. The molecule has 0 aromatic heterocycles. The number of hydrogen-bond acceptors (Lipinski definition) is 3. The van der Waals surface area contributed by atoms with Crippen molar-refractivity contribution in [3.63, 3.8) is 0 Å². The molecule has 52 valence electrons. The van der Waals surface area contributed by atoms with Crippen LogP contribution in [0.2, 0.25) is 0 Å². The Morgan fingerprint density at radius 1 is 1.89 bits per heavy atom. The summed E-state index contributed by atoms with van der Waals surface area (Å²) in [5.74, 6) is -0.408. The molecule has 0 heterocycles. The number of carboxylic acids is 1. The van der Waals surface area contributed by atoms with Crippen molar-refractivity contribution in [2.45, 2.75) is 12.5 Å². The first-order chi connectivity index (χ1) is 4.22. The molecule has 0 rings (SSSR count). The topological polar surface area (TPSA) is 49.7 Å². The Bertz CT molecular complexity index is 116. The third-order valence-electron chi connectivity index (χ3n) is 0.908. The summed E-state index contributed by atoms with van der Waals surface area (Å²) in [7, 11) is 0. The number of nitrogens with zero attached hydrogens (tertiary/aromatic N) is 1. The molecule has 0 radical (unpaired) electrons. The smallest absolute Gasteiger partial charge is 0.328 e. The van der Waals surface area contributed by atoms with E-state index in [1.54, 1.807) is 0 Å². The fourth-order valence-electron chi connectivity index (χ4n) is 0.415. The van der Waals surface area contributed by atoms with Gasteiger partial charge in [-0.3, -0.25) is 4.99 Å². The fourth-order valence-corrected chi connectivity index (χ4v) is 0.660. The average Bonchev–Trinajstić information content (AvgIpc) is 1.82. The van der Waals surface area contributed by atoms with Crippen LogP contribution in [0.3, 0.4) is 0 Å². The van der Waals surface area contributed by atoms with Gasteiger partial charge in [-0.05, 0) is 18.9 Å². The number of thiol groups is 1. The highest BCUT2D eigenvalue weighted by Crippen LogP contribution is 1.97. The van der Waals surface area contributed by atoms with Gasteiger partial charge in [0.2, 0.25) is 0 Å². The van der Waals surface area contributed by atoms with E-state index in [0.29, 0.717) is 12.2 Å². The highest BCUT2D eigenvalue weighted by atomic mass is 32.1. The van der Waals surface area contributed by atoms with E-state index in [-0.39, 0.29) is 0 Å². The van der Waals surface area contributed by atoms with Crippen LogP contribution < -0.4 is 0 Å². The Hall–Kier alpha value is -0.510. The largest absolute Gasteiger partial charge is 0.480 e. The predicted octanol–water partition coefficient (Wildman–Crippen LogP) is 0.460. The minimum Gasteiger partial charge on any atom is -0.480 e. The SMILES string of the molecule is C=NC(CCS)C(=O)O. The minimum atomic E-state index is -0.931. The average molecular weight is 147 g/mol. The van der Waals surface area contributed by atoms with Gasteiger partial charge in [-0.1, -0.05) is 0 Å². The normalized spacial score (nSPS) is 12.6. The zero-order chi connectivity index (χ0) is 7.28. The van der Waals surface area contributed by atoms with E-state index in [4.69, 9.17) is 5.11 Å². The quantitative estimate of drug-likeness (QED) is 0.448. The molecule has 1 atom stereocenters. The summed E-state index contributed by atoms with van der Waals surface area (Å²) in [6.45, 7) is 3.14. The van der Waals surface area contributed by atoms with Crippen molar-refractivity contribution in [2.75, 3.05) is 5.75 Å². The van der Waals surface area contributed by atoms with Crippen LogP contribution in [0.4, 0.5) is 0 Å². The van der Waals surface area contributed by atoms with Gasteiger partial charge in [0, 0.05) is 0 Å². The molecule has 0 saturated carbocycles. The first kappa shape index (κ1) is 8.49. The lowest BCUT2D eigenvalue weighted by atomic mass is 10.2. The van der Waals surface area contributed by atoms with Gasteiger partial charge in [-0.2, -0.15) is 12.6 Å². The van der Waals surface area contributed by atoms with E-state index in [0.717, 1.165) is 0 Å². The lowest BCUT2D eigenvalue weighted by Gasteiger charge is -2.01. The number of carbonyl (C=O) groups is 1. The van der Waals surface area contributed by atoms with Gasteiger partial charge >= 0.3 is 5.97 Å². The highest BCUT2D eigenvalue weighted by Gasteiger charge is 2.11. The molecule has 0 aliphatic rings. The van der Waals surface area contributed by atoms with E-state index < -0.39 is 12.0 Å². The fraction of sp³-hybridized carbons (Fsp3) is 0.600. The summed E-state index contributed by atoms with van der Waals surface area (Å²) in [6.07, 6.45) is 0.446. The van der Waals surface area contributed by atoms with Crippen molar-refractivity contribution in [1.82, 2.24) is 0 Å². The van der Waals surface area contributed by atoms with Gasteiger partial charge in [0.1, 0.15) is 6.04 Å². The maximum atomic E-state index is 10.2. The second kappa shape index (κ2) is 4.38. The molecule has 0 aliphatic carbocycles. The second-order valence-electron chi connectivity index (χ2n) is 1.55. The first-order valence-electron chi connectivity index (χ1n) is 2.52. The van der Waals surface area contributed by atoms with Crippen molar-refractivity contribution in [3.05, 3.63) is 0 Å². The van der Waals surface area contributed by atoms with Crippen molar-refractivity contribution < 1.29 is 9.90 Å². The Labute approximate surface area is 59.2 Å². The van der Waals surface area contributed by atoms with Crippen LogP contribution in [-0.2, 0) is 4.79 Å². The monoisotopic (exact) mass is 147 g/mol. The van der Waals surface area contributed by atoms with Gasteiger partial charge in [-0.25, -0.2) is 4.79 Å². The molecule has 0 amide bonds.